The van der Waals surface area contributed by atoms with Crippen LogP contribution in [0.2, 0.25) is 0 Å². The molecule has 1 aliphatic heterocycles. The van der Waals surface area contributed by atoms with Gasteiger partial charge in [0.15, 0.2) is 0 Å². The smallest absolute Gasteiger partial charge is 0.303 e. The number of carbonyl (C=O) groups is 2. The van der Waals surface area contributed by atoms with E-state index in [4.69, 9.17) is 10.1 Å². The standard InChI is InChI=1S/C25H35N3O4S/c1-2-7-33-24-19(3-4-20(26-24)28-6-5-15(14-28)10-21(29)30)23(31)27-22-17-8-16-9-18(22)13-25(32,11-16)12-17/h3-4,15-18,22,32H,2,5-14H2,1H3,(H,27,31)(H,29,30)/t15-,16?,17?,18?,22-,25+/m1/s1. The molecular formula is C25H35N3O4S. The molecule has 1 aromatic heterocycles. The number of anilines is 1. The molecule has 4 saturated carbocycles. The summed E-state index contributed by atoms with van der Waals surface area (Å²) in [7, 11) is 0. The lowest BCUT2D eigenvalue weighted by Gasteiger charge is -2.58. The van der Waals surface area contributed by atoms with Crippen LogP contribution in [0, 0.1) is 23.7 Å². The Bertz CT molecular complexity index is 909. The summed E-state index contributed by atoms with van der Waals surface area (Å²) in [6, 6.07) is 3.95. The molecule has 33 heavy (non-hydrogen) atoms. The Morgan fingerprint density at radius 1 is 1.24 bits per heavy atom. The van der Waals surface area contributed by atoms with Crippen LogP contribution >= 0.6 is 11.8 Å². The first-order chi connectivity index (χ1) is 15.8. The summed E-state index contributed by atoms with van der Waals surface area (Å²) in [5.41, 5.74) is 0.128. The second-order valence-electron chi connectivity index (χ2n) is 10.8. The van der Waals surface area contributed by atoms with Crippen LogP contribution in [0.4, 0.5) is 5.82 Å². The molecule has 0 spiro atoms. The van der Waals surface area contributed by atoms with Gasteiger partial charge in [0, 0.05) is 25.6 Å². The van der Waals surface area contributed by atoms with Gasteiger partial charge >= 0.3 is 5.97 Å². The number of carboxylic acid groups (broad SMARTS) is 1. The predicted octanol–water partition coefficient (Wildman–Crippen LogP) is 3.55. The largest absolute Gasteiger partial charge is 0.481 e. The van der Waals surface area contributed by atoms with Crippen molar-refractivity contribution in [3.63, 3.8) is 0 Å². The summed E-state index contributed by atoms with van der Waals surface area (Å²) in [6.07, 6.45) is 6.83. The molecule has 1 saturated heterocycles. The van der Waals surface area contributed by atoms with Gasteiger partial charge in [-0.05, 0) is 86.5 Å². The Kier molecular flexibility index (Phi) is 6.33. The molecule has 4 bridgehead atoms. The number of nitrogens with one attached hydrogen (secondary N) is 1. The molecule has 1 amide bonds. The molecule has 7 nitrogen and oxygen atoms in total. The lowest BCUT2D eigenvalue weighted by atomic mass is 9.52. The van der Waals surface area contributed by atoms with Gasteiger partial charge in [-0.2, -0.15) is 0 Å². The van der Waals surface area contributed by atoms with Gasteiger partial charge in [0.05, 0.1) is 11.2 Å². The number of carboxylic acids is 1. The third-order valence-corrected chi connectivity index (χ3v) is 9.34. The third-order valence-electron chi connectivity index (χ3n) is 8.14. The Hall–Kier alpha value is -1.80. The zero-order valence-electron chi connectivity index (χ0n) is 19.3. The van der Waals surface area contributed by atoms with E-state index in [9.17, 15) is 14.7 Å². The fourth-order valence-electron chi connectivity index (χ4n) is 6.99. The van der Waals surface area contributed by atoms with E-state index >= 15 is 0 Å². The summed E-state index contributed by atoms with van der Waals surface area (Å²) >= 11 is 1.62. The lowest BCUT2D eigenvalue weighted by Crippen LogP contribution is -2.61. The Labute approximate surface area is 199 Å². The highest BCUT2D eigenvalue weighted by Crippen LogP contribution is 2.55. The van der Waals surface area contributed by atoms with Crippen LogP contribution in [0.5, 0.6) is 0 Å². The van der Waals surface area contributed by atoms with Crippen LogP contribution in [-0.2, 0) is 4.79 Å². The van der Waals surface area contributed by atoms with E-state index in [0.29, 0.717) is 29.9 Å². The molecule has 0 aromatic carbocycles. The fourth-order valence-corrected chi connectivity index (χ4v) is 7.86. The summed E-state index contributed by atoms with van der Waals surface area (Å²) in [6.45, 7) is 3.61. The average molecular weight is 474 g/mol. The van der Waals surface area contributed by atoms with Gasteiger partial charge in [-0.1, -0.05) is 6.92 Å². The molecular weight excluding hydrogens is 438 g/mol. The second-order valence-corrected chi connectivity index (χ2v) is 11.8. The number of amides is 1. The van der Waals surface area contributed by atoms with Crippen molar-refractivity contribution >= 4 is 29.5 Å². The molecule has 1 aromatic rings. The lowest BCUT2D eigenvalue weighted by molar-refractivity contribution is -0.138. The van der Waals surface area contributed by atoms with E-state index in [1.54, 1.807) is 11.8 Å². The number of hydrogen-bond acceptors (Lipinski definition) is 6. The number of aliphatic carboxylic acids is 1. The highest BCUT2D eigenvalue weighted by Gasteiger charge is 2.55. The van der Waals surface area contributed by atoms with Crippen molar-refractivity contribution in [1.82, 2.24) is 10.3 Å². The zero-order chi connectivity index (χ0) is 23.2. The van der Waals surface area contributed by atoms with Gasteiger partial charge in [0.1, 0.15) is 10.8 Å². The maximum Gasteiger partial charge on any atom is 0.303 e. The van der Waals surface area contributed by atoms with Crippen molar-refractivity contribution in [3.8, 4) is 0 Å². The quantitative estimate of drug-likeness (QED) is 0.496. The highest BCUT2D eigenvalue weighted by molar-refractivity contribution is 7.99. The number of hydrogen-bond donors (Lipinski definition) is 3. The minimum Gasteiger partial charge on any atom is -0.481 e. The molecule has 6 rings (SSSR count). The van der Waals surface area contributed by atoms with E-state index < -0.39 is 11.6 Å². The minimum atomic E-state index is -0.752. The van der Waals surface area contributed by atoms with Crippen molar-refractivity contribution in [2.24, 2.45) is 23.7 Å². The highest BCUT2D eigenvalue weighted by atomic mass is 32.2. The van der Waals surface area contributed by atoms with Crippen molar-refractivity contribution in [3.05, 3.63) is 17.7 Å². The van der Waals surface area contributed by atoms with Gasteiger partial charge in [-0.15, -0.1) is 11.8 Å². The van der Waals surface area contributed by atoms with Gasteiger partial charge in [0.2, 0.25) is 0 Å². The normalized spacial score (nSPS) is 34.6. The Morgan fingerprint density at radius 2 is 2.00 bits per heavy atom. The number of aromatic nitrogens is 1. The SMILES string of the molecule is CCCSc1nc(N2CC[C@H](CC(=O)O)C2)ccc1C(=O)N[C@H]1C2CC3CC1C[C@@](O)(C3)C2. The third kappa shape index (κ3) is 4.74. The maximum absolute atomic E-state index is 13.4. The average Bonchev–Trinajstić information content (AvgIpc) is 3.21. The van der Waals surface area contributed by atoms with Crippen LogP contribution < -0.4 is 10.2 Å². The van der Waals surface area contributed by atoms with E-state index in [1.165, 1.54) is 0 Å². The number of pyridine rings is 1. The van der Waals surface area contributed by atoms with Gasteiger partial charge in [-0.3, -0.25) is 9.59 Å². The Balaban J connectivity index is 1.31. The van der Waals surface area contributed by atoms with Crippen molar-refractivity contribution in [1.29, 1.82) is 0 Å². The number of carbonyl (C=O) groups excluding carboxylic acids is 1. The van der Waals surface area contributed by atoms with E-state index in [-0.39, 0.29) is 24.3 Å². The van der Waals surface area contributed by atoms with Crippen molar-refractivity contribution in [2.45, 2.75) is 75.0 Å². The first-order valence-corrected chi connectivity index (χ1v) is 13.5. The summed E-state index contributed by atoms with van der Waals surface area (Å²) < 4.78 is 0. The molecule has 180 valence electrons. The molecule has 2 unspecified atom stereocenters. The summed E-state index contributed by atoms with van der Waals surface area (Å²) in [4.78, 5) is 31.5. The zero-order valence-corrected chi connectivity index (χ0v) is 20.1. The monoisotopic (exact) mass is 473 g/mol. The van der Waals surface area contributed by atoms with Crippen LogP contribution in [0.15, 0.2) is 17.2 Å². The molecule has 3 atom stereocenters. The topological polar surface area (TPSA) is 103 Å². The molecule has 0 radical (unpaired) electrons. The molecule has 4 aliphatic carbocycles. The van der Waals surface area contributed by atoms with Crippen LogP contribution in [0.3, 0.4) is 0 Å². The number of rotatable bonds is 8. The molecule has 5 aliphatic rings. The van der Waals surface area contributed by atoms with Gasteiger partial charge in [0.25, 0.3) is 5.91 Å². The van der Waals surface area contributed by atoms with Gasteiger partial charge < -0.3 is 20.4 Å². The second kappa shape index (κ2) is 9.10. The van der Waals surface area contributed by atoms with Crippen molar-refractivity contribution in [2.75, 3.05) is 23.7 Å². The van der Waals surface area contributed by atoms with Crippen LogP contribution in [0.25, 0.3) is 0 Å². The molecule has 8 heteroatoms. The Morgan fingerprint density at radius 3 is 2.67 bits per heavy atom. The number of aliphatic hydroxyl groups is 1. The predicted molar refractivity (Wildman–Crippen MR) is 128 cm³/mol. The summed E-state index contributed by atoms with van der Waals surface area (Å²) in [5.74, 6) is 2.42. The first kappa shape index (κ1) is 23.0. The van der Waals surface area contributed by atoms with Gasteiger partial charge in [-0.25, -0.2) is 4.98 Å². The van der Waals surface area contributed by atoms with E-state index in [0.717, 1.165) is 68.1 Å². The minimum absolute atomic E-state index is 0.0534. The molecule has 2 heterocycles. The number of nitrogens with zero attached hydrogens (tertiary/aromatic N) is 2. The van der Waals surface area contributed by atoms with E-state index in [2.05, 4.69) is 17.1 Å². The van der Waals surface area contributed by atoms with E-state index in [1.807, 2.05) is 12.1 Å². The maximum atomic E-state index is 13.4. The van der Waals surface area contributed by atoms with Crippen LogP contribution in [-0.4, -0.2) is 57.6 Å². The summed E-state index contributed by atoms with van der Waals surface area (Å²) in [5, 5.41) is 24.1. The molecule has 5 fully saturated rings. The molecule has 3 N–H and O–H groups in total. The van der Waals surface area contributed by atoms with Crippen molar-refractivity contribution < 1.29 is 19.8 Å². The van der Waals surface area contributed by atoms with Crippen LogP contribution in [0.1, 0.15) is 68.6 Å². The first-order valence-electron chi connectivity index (χ1n) is 12.5. The fraction of sp³-hybridized carbons (Fsp3) is 0.720. The number of thioether (sulfide) groups is 1.